The Balaban J connectivity index is 3.50. The summed E-state index contributed by atoms with van der Waals surface area (Å²) in [5.41, 5.74) is 11.8. The maximum Gasteiger partial charge on any atom is 0.339 e. The lowest BCUT2D eigenvalue weighted by Gasteiger charge is -1.90. The molecule has 0 heterocycles. The number of hydrogen-bond acceptors (Lipinski definition) is 2. The van der Waals surface area contributed by atoms with Crippen LogP contribution in [0.15, 0.2) is 0 Å². The van der Waals surface area contributed by atoms with Crippen molar-refractivity contribution in [1.82, 2.24) is 5.43 Å². The highest BCUT2D eigenvalue weighted by atomic mass is 16.2. The van der Waals surface area contributed by atoms with Gasteiger partial charge >= 0.3 is 5.96 Å². The Morgan fingerprint density at radius 3 is 2.44 bits per heavy atom. The van der Waals surface area contributed by atoms with Crippen LogP contribution in [0.25, 0.3) is 0 Å². The number of amides is 1. The number of guanidine groups is 1. The number of nitrogens with one attached hydrogen (secondary N) is 2. The van der Waals surface area contributed by atoms with Gasteiger partial charge in [-0.1, -0.05) is 0 Å². The topological polar surface area (TPSA) is 121 Å². The van der Waals surface area contributed by atoms with E-state index >= 15 is 0 Å². The molecule has 52 valence electrons. The van der Waals surface area contributed by atoms with E-state index in [-0.39, 0.29) is 18.4 Å². The van der Waals surface area contributed by atoms with Crippen molar-refractivity contribution in [2.75, 3.05) is 6.54 Å². The van der Waals surface area contributed by atoms with Gasteiger partial charge in [0.1, 0.15) is 6.54 Å². The number of carbonyl (C=O) groups excluding carboxylic acids is 1. The second kappa shape index (κ2) is 3.67. The second-order valence-corrected chi connectivity index (χ2v) is 1.38. The van der Waals surface area contributed by atoms with Crippen molar-refractivity contribution in [3.63, 3.8) is 0 Å². The normalized spacial score (nSPS) is 8.11. The fourth-order valence-electron chi connectivity index (χ4n) is 0.233. The highest BCUT2D eigenvalue weighted by Gasteiger charge is 1.95. The minimum atomic E-state index is -0.372. The van der Waals surface area contributed by atoms with E-state index in [0.29, 0.717) is 0 Å². The molecule has 0 radical (unpaired) electrons. The van der Waals surface area contributed by atoms with Crippen molar-refractivity contribution >= 4 is 11.9 Å². The van der Waals surface area contributed by atoms with Crippen molar-refractivity contribution in [3.05, 3.63) is 0 Å². The lowest BCUT2D eigenvalue weighted by Crippen LogP contribution is -2.80. The van der Waals surface area contributed by atoms with E-state index in [0.717, 1.165) is 0 Å². The molecule has 6 heteroatoms. The van der Waals surface area contributed by atoms with Crippen LogP contribution in [0.1, 0.15) is 0 Å². The van der Waals surface area contributed by atoms with Crippen molar-refractivity contribution < 1.29 is 9.79 Å². The average molecular weight is 132 g/mol. The van der Waals surface area contributed by atoms with Crippen LogP contribution in [0.2, 0.25) is 0 Å². The van der Waals surface area contributed by atoms with Crippen LogP contribution >= 0.6 is 0 Å². The van der Waals surface area contributed by atoms with Crippen molar-refractivity contribution in [2.24, 2.45) is 17.3 Å². The van der Waals surface area contributed by atoms with E-state index in [9.17, 15) is 4.79 Å². The first kappa shape index (κ1) is 7.70. The second-order valence-electron chi connectivity index (χ2n) is 1.38. The number of carbonyl (C=O) groups is 1. The number of rotatable bonds is 2. The van der Waals surface area contributed by atoms with Crippen LogP contribution < -0.4 is 27.7 Å². The smallest absolute Gasteiger partial charge is 0.291 e. The Kier molecular flexibility index (Phi) is 3.14. The highest BCUT2D eigenvalue weighted by Crippen LogP contribution is 1.42. The third-order valence-electron chi connectivity index (χ3n) is 0.614. The molecule has 0 fully saturated rings. The highest BCUT2D eigenvalue weighted by molar-refractivity contribution is 5.77. The summed E-state index contributed by atoms with van der Waals surface area (Å²) in [6.07, 6.45) is 0. The van der Waals surface area contributed by atoms with Gasteiger partial charge < -0.3 is 0 Å². The summed E-state index contributed by atoms with van der Waals surface area (Å²) in [6, 6.07) is 0. The van der Waals surface area contributed by atoms with Gasteiger partial charge in [0.15, 0.2) is 0 Å². The lowest BCUT2D eigenvalue weighted by molar-refractivity contribution is -0.446. The molecule has 0 saturated heterocycles. The predicted octanol–water partition coefficient (Wildman–Crippen LogP) is -4.67. The molecule has 0 spiro atoms. The molecule has 0 aliphatic heterocycles. The van der Waals surface area contributed by atoms with Crippen LogP contribution in [-0.4, -0.2) is 18.4 Å². The first-order valence-electron chi connectivity index (χ1n) is 2.28. The molecular formula is C3H10N5O+. The van der Waals surface area contributed by atoms with Gasteiger partial charge in [0.2, 0.25) is 0 Å². The zero-order valence-electron chi connectivity index (χ0n) is 4.85. The minimum Gasteiger partial charge on any atom is -0.291 e. The van der Waals surface area contributed by atoms with E-state index in [1.807, 2.05) is 5.43 Å². The molecule has 9 heavy (non-hydrogen) atoms. The fourth-order valence-corrected chi connectivity index (χ4v) is 0.233. The van der Waals surface area contributed by atoms with Crippen LogP contribution in [0, 0.1) is 0 Å². The molecule has 0 atom stereocenters. The summed E-state index contributed by atoms with van der Waals surface area (Å²) in [5, 5.41) is 0. The Labute approximate surface area is 52.1 Å². The maximum atomic E-state index is 10.3. The fraction of sp³-hybridized carbons (Fsp3) is 0.333. The summed E-state index contributed by atoms with van der Waals surface area (Å²) in [4.78, 5) is 12.7. The van der Waals surface area contributed by atoms with Gasteiger partial charge in [-0.3, -0.25) is 26.7 Å². The molecule has 0 aliphatic rings. The van der Waals surface area contributed by atoms with Gasteiger partial charge in [-0.2, -0.15) is 0 Å². The zero-order valence-corrected chi connectivity index (χ0v) is 4.85. The standard InChI is InChI=1S/C3H9N5O/c4-3(5)7-1-2(9)8-6/h1,6H2,(H,8,9)(H4,4,5,7)/p+1. The van der Waals surface area contributed by atoms with Gasteiger partial charge in [0, 0.05) is 0 Å². The summed E-state index contributed by atoms with van der Waals surface area (Å²) >= 11 is 0. The van der Waals surface area contributed by atoms with Gasteiger partial charge in [-0.15, -0.1) is 0 Å². The third kappa shape index (κ3) is 4.56. The molecule has 0 aromatic heterocycles. The molecule has 8 N–H and O–H groups in total. The average Bonchev–Trinajstić information content (AvgIpc) is 1.83. The van der Waals surface area contributed by atoms with E-state index in [1.54, 1.807) is 0 Å². The Bertz CT molecular complexity index is 126. The summed E-state index contributed by atoms with van der Waals surface area (Å²) < 4.78 is 0. The molecule has 0 saturated carbocycles. The molecular weight excluding hydrogens is 122 g/mol. The Morgan fingerprint density at radius 1 is 1.56 bits per heavy atom. The van der Waals surface area contributed by atoms with Crippen LogP contribution in [0.5, 0.6) is 0 Å². The first-order chi connectivity index (χ1) is 4.16. The molecule has 0 rings (SSSR count). The van der Waals surface area contributed by atoms with Crippen LogP contribution in [0.3, 0.4) is 0 Å². The van der Waals surface area contributed by atoms with Gasteiger partial charge in [-0.05, 0) is 0 Å². The zero-order chi connectivity index (χ0) is 7.28. The summed E-state index contributed by atoms with van der Waals surface area (Å²) in [5.74, 6) is 4.35. The molecule has 0 bridgehead atoms. The molecule has 0 aliphatic carbocycles. The minimum absolute atomic E-state index is 0.00116. The molecule has 0 aromatic carbocycles. The van der Waals surface area contributed by atoms with E-state index in [2.05, 4.69) is 4.99 Å². The monoisotopic (exact) mass is 132 g/mol. The number of nitrogens with two attached hydrogens (primary N) is 3. The molecule has 6 nitrogen and oxygen atoms in total. The largest absolute Gasteiger partial charge is 0.339 e. The van der Waals surface area contributed by atoms with E-state index in [4.69, 9.17) is 17.3 Å². The maximum absolute atomic E-state index is 10.3. The van der Waals surface area contributed by atoms with Gasteiger partial charge in [0.05, 0.1) is 0 Å². The third-order valence-corrected chi connectivity index (χ3v) is 0.614. The molecule has 0 unspecified atom stereocenters. The number of hydrogen-bond donors (Lipinski definition) is 5. The molecule has 0 aromatic rings. The summed E-state index contributed by atoms with van der Waals surface area (Å²) in [6.45, 7) is -0.00116. The van der Waals surface area contributed by atoms with Crippen molar-refractivity contribution in [2.45, 2.75) is 0 Å². The van der Waals surface area contributed by atoms with E-state index in [1.165, 1.54) is 0 Å². The number of hydrazine groups is 1. The molecule has 1 amide bonds. The SMILES string of the molecule is NNC(=O)C[NH+]=C(N)N. The quantitative estimate of drug-likeness (QED) is 0.0852. The Hall–Kier alpha value is -1.30. The van der Waals surface area contributed by atoms with E-state index < -0.39 is 0 Å². The summed E-state index contributed by atoms with van der Waals surface area (Å²) in [7, 11) is 0. The predicted molar refractivity (Wildman–Crippen MR) is 31.5 cm³/mol. The van der Waals surface area contributed by atoms with Gasteiger partial charge in [0.25, 0.3) is 5.91 Å². The van der Waals surface area contributed by atoms with Gasteiger partial charge in [-0.25, -0.2) is 5.84 Å². The first-order valence-corrected chi connectivity index (χ1v) is 2.28. The van der Waals surface area contributed by atoms with Crippen molar-refractivity contribution in [3.8, 4) is 0 Å². The van der Waals surface area contributed by atoms with Crippen LogP contribution in [-0.2, 0) is 4.79 Å². The van der Waals surface area contributed by atoms with Crippen molar-refractivity contribution in [1.29, 1.82) is 0 Å². The van der Waals surface area contributed by atoms with Crippen LogP contribution in [0.4, 0.5) is 0 Å². The Morgan fingerprint density at radius 2 is 2.11 bits per heavy atom. The lowest BCUT2D eigenvalue weighted by atomic mass is 10.6.